The molecule has 6 nitrogen and oxygen atoms in total. The van der Waals surface area contributed by atoms with Crippen LogP contribution in [0.1, 0.15) is 25.7 Å². The second kappa shape index (κ2) is 6.47. The largest absolute Gasteiger partial charge is 0.369 e. The topological polar surface area (TPSA) is 71.3 Å². The van der Waals surface area contributed by atoms with Gasteiger partial charge in [0.2, 0.25) is 0 Å². The lowest BCUT2D eigenvalue weighted by atomic mass is 10.2. The van der Waals surface area contributed by atoms with Gasteiger partial charge in [-0.05, 0) is 26.0 Å². The minimum Gasteiger partial charge on any atom is -0.369 e. The van der Waals surface area contributed by atoms with Crippen LogP contribution in [0.5, 0.6) is 0 Å². The maximum Gasteiger partial charge on any atom is 0.287 e. The van der Waals surface area contributed by atoms with Crippen LogP contribution in [0.2, 0.25) is 0 Å². The summed E-state index contributed by atoms with van der Waals surface area (Å²) in [5.41, 5.74) is 0.0219. The van der Waals surface area contributed by atoms with Crippen molar-refractivity contribution in [2.45, 2.75) is 31.7 Å². The van der Waals surface area contributed by atoms with Crippen LogP contribution in [-0.4, -0.2) is 41.0 Å². The zero-order valence-corrected chi connectivity index (χ0v) is 11.2. The van der Waals surface area contributed by atoms with Crippen molar-refractivity contribution in [2.24, 2.45) is 0 Å². The number of anilines is 1. The summed E-state index contributed by atoms with van der Waals surface area (Å²) in [5, 5.41) is 13.7. The Morgan fingerprint density at radius 1 is 1.47 bits per heavy atom. The Morgan fingerprint density at radius 2 is 2.21 bits per heavy atom. The highest BCUT2D eigenvalue weighted by molar-refractivity contribution is 5.39. The fourth-order valence-electron chi connectivity index (χ4n) is 2.49. The molecule has 0 aromatic carbocycles. The van der Waals surface area contributed by atoms with E-state index in [1.165, 1.54) is 37.9 Å². The Balaban J connectivity index is 1.74. The van der Waals surface area contributed by atoms with Gasteiger partial charge in [0.1, 0.15) is 12.0 Å². The molecule has 19 heavy (non-hydrogen) atoms. The van der Waals surface area contributed by atoms with Crippen LogP contribution in [0.25, 0.3) is 0 Å². The minimum atomic E-state index is -0.440. The van der Waals surface area contributed by atoms with E-state index in [0.717, 1.165) is 13.1 Å². The molecule has 0 amide bonds. The molecular formula is C13H20N4O2. The molecule has 0 spiro atoms. The number of likely N-dealkylation sites (N-methyl/N-ethyl adjacent to an activating group) is 1. The number of rotatable bonds is 6. The molecule has 6 heteroatoms. The number of nitrogens with zero attached hydrogens (tertiary/aromatic N) is 3. The maximum absolute atomic E-state index is 10.5. The number of nitro groups is 1. The van der Waals surface area contributed by atoms with Gasteiger partial charge in [0.25, 0.3) is 5.69 Å². The first-order valence-corrected chi connectivity index (χ1v) is 6.71. The quantitative estimate of drug-likeness (QED) is 0.630. The van der Waals surface area contributed by atoms with Gasteiger partial charge in [0.05, 0.1) is 4.92 Å². The van der Waals surface area contributed by atoms with Crippen molar-refractivity contribution in [2.75, 3.05) is 25.5 Å². The standard InChI is InChI=1S/C13H20N4O2/c1-16(11-4-2-3-5-11)9-8-14-13-7-6-12(10-15-13)17(18)19/h6-7,10-11H,2-5,8-9H2,1H3,(H,14,15). The van der Waals surface area contributed by atoms with Crippen molar-refractivity contribution in [1.29, 1.82) is 0 Å². The van der Waals surface area contributed by atoms with Crippen molar-refractivity contribution >= 4 is 11.5 Å². The van der Waals surface area contributed by atoms with Crippen molar-refractivity contribution in [3.05, 3.63) is 28.4 Å². The van der Waals surface area contributed by atoms with Crippen LogP contribution >= 0.6 is 0 Å². The zero-order chi connectivity index (χ0) is 13.7. The average molecular weight is 264 g/mol. The molecule has 1 heterocycles. The summed E-state index contributed by atoms with van der Waals surface area (Å²) >= 11 is 0. The van der Waals surface area contributed by atoms with Gasteiger partial charge in [-0.2, -0.15) is 0 Å². The first-order valence-electron chi connectivity index (χ1n) is 6.71. The SMILES string of the molecule is CN(CCNc1ccc([N+](=O)[O-])cn1)C1CCCC1. The molecular weight excluding hydrogens is 244 g/mol. The van der Waals surface area contributed by atoms with E-state index in [1.807, 2.05) is 0 Å². The summed E-state index contributed by atoms with van der Waals surface area (Å²) in [6, 6.07) is 3.83. The highest BCUT2D eigenvalue weighted by atomic mass is 16.6. The van der Waals surface area contributed by atoms with Crippen molar-refractivity contribution in [1.82, 2.24) is 9.88 Å². The highest BCUT2D eigenvalue weighted by Gasteiger charge is 2.18. The Kier molecular flexibility index (Phi) is 4.68. The molecule has 0 aliphatic heterocycles. The minimum absolute atomic E-state index is 0.0219. The second-order valence-corrected chi connectivity index (χ2v) is 5.00. The highest BCUT2D eigenvalue weighted by Crippen LogP contribution is 2.22. The average Bonchev–Trinajstić information content (AvgIpc) is 2.93. The molecule has 0 unspecified atom stereocenters. The molecule has 1 saturated carbocycles. The molecule has 1 aromatic rings. The van der Waals surface area contributed by atoms with Crippen molar-refractivity contribution in [3.63, 3.8) is 0 Å². The van der Waals surface area contributed by atoms with Gasteiger partial charge in [-0.3, -0.25) is 10.1 Å². The first kappa shape index (κ1) is 13.7. The normalized spacial score (nSPS) is 15.9. The lowest BCUT2D eigenvalue weighted by molar-refractivity contribution is -0.385. The summed E-state index contributed by atoms with van der Waals surface area (Å²) < 4.78 is 0. The van der Waals surface area contributed by atoms with Crippen LogP contribution < -0.4 is 5.32 Å². The Morgan fingerprint density at radius 3 is 2.79 bits per heavy atom. The summed E-state index contributed by atoms with van der Waals surface area (Å²) in [6.07, 6.45) is 6.56. The van der Waals surface area contributed by atoms with Crippen LogP contribution in [0.15, 0.2) is 18.3 Å². The van der Waals surface area contributed by atoms with Gasteiger partial charge in [0.15, 0.2) is 0 Å². The van der Waals surface area contributed by atoms with E-state index in [9.17, 15) is 10.1 Å². The molecule has 1 aromatic heterocycles. The molecule has 1 aliphatic carbocycles. The molecule has 0 saturated heterocycles. The van der Waals surface area contributed by atoms with E-state index in [0.29, 0.717) is 11.9 Å². The van der Waals surface area contributed by atoms with E-state index in [4.69, 9.17) is 0 Å². The molecule has 2 rings (SSSR count). The fraction of sp³-hybridized carbons (Fsp3) is 0.615. The van der Waals surface area contributed by atoms with Crippen LogP contribution in [-0.2, 0) is 0 Å². The molecule has 0 bridgehead atoms. The number of aromatic nitrogens is 1. The first-order chi connectivity index (χ1) is 9.16. The zero-order valence-electron chi connectivity index (χ0n) is 11.2. The van der Waals surface area contributed by atoms with E-state index < -0.39 is 4.92 Å². The number of pyridine rings is 1. The Labute approximate surface area is 113 Å². The summed E-state index contributed by atoms with van der Waals surface area (Å²) in [5.74, 6) is 0.686. The van der Waals surface area contributed by atoms with E-state index in [-0.39, 0.29) is 5.69 Å². The van der Waals surface area contributed by atoms with Gasteiger partial charge in [0, 0.05) is 25.2 Å². The summed E-state index contributed by atoms with van der Waals surface area (Å²) in [4.78, 5) is 16.5. The third kappa shape index (κ3) is 3.89. The third-order valence-corrected chi connectivity index (χ3v) is 3.68. The maximum atomic E-state index is 10.5. The molecule has 104 valence electrons. The van der Waals surface area contributed by atoms with Crippen LogP contribution in [0, 0.1) is 10.1 Å². The van der Waals surface area contributed by atoms with Gasteiger partial charge >= 0.3 is 0 Å². The Hall–Kier alpha value is -1.69. The van der Waals surface area contributed by atoms with Gasteiger partial charge < -0.3 is 10.2 Å². The van der Waals surface area contributed by atoms with Crippen molar-refractivity contribution < 1.29 is 4.92 Å². The van der Waals surface area contributed by atoms with Gasteiger partial charge in [-0.1, -0.05) is 12.8 Å². The third-order valence-electron chi connectivity index (χ3n) is 3.68. The predicted octanol–water partition coefficient (Wildman–Crippen LogP) is 2.28. The Bertz CT molecular complexity index is 415. The van der Waals surface area contributed by atoms with E-state index in [2.05, 4.69) is 22.2 Å². The number of nitrogens with one attached hydrogen (secondary N) is 1. The second-order valence-electron chi connectivity index (χ2n) is 5.00. The number of hydrogen-bond donors (Lipinski definition) is 1. The number of hydrogen-bond acceptors (Lipinski definition) is 5. The monoisotopic (exact) mass is 264 g/mol. The molecule has 1 N–H and O–H groups in total. The molecule has 0 atom stereocenters. The van der Waals surface area contributed by atoms with E-state index in [1.54, 1.807) is 6.07 Å². The fourth-order valence-corrected chi connectivity index (χ4v) is 2.49. The smallest absolute Gasteiger partial charge is 0.287 e. The van der Waals surface area contributed by atoms with E-state index >= 15 is 0 Å². The summed E-state index contributed by atoms with van der Waals surface area (Å²) in [6.45, 7) is 1.77. The molecule has 0 radical (unpaired) electrons. The molecule has 1 fully saturated rings. The lowest BCUT2D eigenvalue weighted by Crippen LogP contribution is -2.33. The molecule has 1 aliphatic rings. The summed E-state index contributed by atoms with van der Waals surface area (Å²) in [7, 11) is 2.15. The van der Waals surface area contributed by atoms with Gasteiger partial charge in [-0.15, -0.1) is 0 Å². The van der Waals surface area contributed by atoms with Crippen molar-refractivity contribution in [3.8, 4) is 0 Å². The van der Waals surface area contributed by atoms with Crippen LogP contribution in [0.3, 0.4) is 0 Å². The van der Waals surface area contributed by atoms with Gasteiger partial charge in [-0.25, -0.2) is 4.98 Å². The predicted molar refractivity (Wildman–Crippen MR) is 74.3 cm³/mol. The lowest BCUT2D eigenvalue weighted by Gasteiger charge is -2.23. The van der Waals surface area contributed by atoms with Crippen LogP contribution in [0.4, 0.5) is 11.5 Å².